The standard InChI is InChI=1S/C18H25N5O2/c1-12(2)7-15-20-17(21-25-15)18-6-4-5-14(18)10-23(11-18)16(24)13-8-19-22(3)9-13/h8-9,12,14H,4-7,10-11H2,1-3H3/t14-,18-/m1/s1. The van der Waals surface area contributed by atoms with Crippen LogP contribution >= 0.6 is 0 Å². The molecule has 134 valence electrons. The first-order chi connectivity index (χ1) is 12.0. The highest BCUT2D eigenvalue weighted by molar-refractivity contribution is 5.94. The van der Waals surface area contributed by atoms with E-state index in [1.165, 1.54) is 0 Å². The van der Waals surface area contributed by atoms with Gasteiger partial charge in [-0.1, -0.05) is 25.4 Å². The maximum Gasteiger partial charge on any atom is 0.257 e. The SMILES string of the molecule is CC(C)Cc1nc([C@@]23CCC[C@@H]2CN(C(=O)c2cnn(C)c2)C3)no1. The summed E-state index contributed by atoms with van der Waals surface area (Å²) in [6.07, 6.45) is 7.51. The van der Waals surface area contributed by atoms with Crippen molar-refractivity contribution in [1.29, 1.82) is 0 Å². The summed E-state index contributed by atoms with van der Waals surface area (Å²) in [5, 5.41) is 8.43. The molecule has 2 atom stereocenters. The number of carbonyl (C=O) groups excluding carboxylic acids is 1. The lowest BCUT2D eigenvalue weighted by atomic mass is 9.80. The van der Waals surface area contributed by atoms with Crippen LogP contribution in [0.15, 0.2) is 16.9 Å². The predicted molar refractivity (Wildman–Crippen MR) is 91.0 cm³/mol. The molecule has 0 N–H and O–H groups in total. The number of aryl methyl sites for hydroxylation is 1. The fourth-order valence-corrected chi connectivity index (χ4v) is 4.41. The molecule has 0 bridgehead atoms. The van der Waals surface area contributed by atoms with Crippen LogP contribution in [-0.4, -0.2) is 43.8 Å². The lowest BCUT2D eigenvalue weighted by Gasteiger charge is -2.24. The summed E-state index contributed by atoms with van der Waals surface area (Å²) in [6, 6.07) is 0. The van der Waals surface area contributed by atoms with Crippen LogP contribution in [-0.2, 0) is 18.9 Å². The van der Waals surface area contributed by atoms with E-state index in [2.05, 4.69) is 24.1 Å². The van der Waals surface area contributed by atoms with Gasteiger partial charge < -0.3 is 9.42 Å². The number of carbonyl (C=O) groups is 1. The van der Waals surface area contributed by atoms with Crippen LogP contribution in [0, 0.1) is 11.8 Å². The van der Waals surface area contributed by atoms with Gasteiger partial charge in [-0.3, -0.25) is 9.48 Å². The third kappa shape index (κ3) is 2.75. The predicted octanol–water partition coefficient (Wildman–Crippen LogP) is 2.20. The second-order valence-electron chi connectivity index (χ2n) is 7.94. The van der Waals surface area contributed by atoms with Crippen molar-refractivity contribution in [2.45, 2.75) is 44.9 Å². The molecule has 25 heavy (non-hydrogen) atoms. The molecule has 7 heteroatoms. The first-order valence-electron chi connectivity index (χ1n) is 9.09. The number of fused-ring (bicyclic) bond motifs is 1. The zero-order valence-corrected chi connectivity index (χ0v) is 15.1. The van der Waals surface area contributed by atoms with E-state index < -0.39 is 0 Å². The van der Waals surface area contributed by atoms with Gasteiger partial charge in [-0.05, 0) is 24.7 Å². The molecule has 0 spiro atoms. The van der Waals surface area contributed by atoms with Crippen LogP contribution < -0.4 is 0 Å². The Kier molecular flexibility index (Phi) is 3.89. The Bertz CT molecular complexity index is 780. The minimum absolute atomic E-state index is 0.0489. The molecule has 2 fully saturated rings. The van der Waals surface area contributed by atoms with Crippen molar-refractivity contribution in [3.05, 3.63) is 29.7 Å². The van der Waals surface area contributed by atoms with Crippen LogP contribution in [0.4, 0.5) is 0 Å². The number of hydrogen-bond acceptors (Lipinski definition) is 5. The molecule has 1 saturated carbocycles. The Labute approximate surface area is 147 Å². The minimum atomic E-state index is -0.142. The molecule has 1 aliphatic carbocycles. The van der Waals surface area contributed by atoms with Crippen molar-refractivity contribution in [3.8, 4) is 0 Å². The zero-order chi connectivity index (χ0) is 17.6. The second-order valence-corrected chi connectivity index (χ2v) is 7.94. The van der Waals surface area contributed by atoms with Gasteiger partial charge in [-0.15, -0.1) is 0 Å². The second kappa shape index (κ2) is 5.97. The lowest BCUT2D eigenvalue weighted by molar-refractivity contribution is 0.0777. The molecule has 2 aromatic rings. The van der Waals surface area contributed by atoms with Crippen molar-refractivity contribution in [2.24, 2.45) is 18.9 Å². The van der Waals surface area contributed by atoms with Crippen LogP contribution in [0.3, 0.4) is 0 Å². The van der Waals surface area contributed by atoms with Gasteiger partial charge >= 0.3 is 0 Å². The van der Waals surface area contributed by atoms with E-state index >= 15 is 0 Å². The summed E-state index contributed by atoms with van der Waals surface area (Å²) in [5.41, 5.74) is 0.502. The largest absolute Gasteiger partial charge is 0.339 e. The molecule has 0 aromatic carbocycles. The van der Waals surface area contributed by atoms with Gasteiger partial charge in [0, 0.05) is 32.8 Å². The number of hydrogen-bond donors (Lipinski definition) is 0. The number of amides is 1. The number of nitrogens with zero attached hydrogens (tertiary/aromatic N) is 5. The first-order valence-corrected chi connectivity index (χ1v) is 9.09. The van der Waals surface area contributed by atoms with Gasteiger partial charge in [0.05, 0.1) is 17.2 Å². The van der Waals surface area contributed by atoms with Crippen LogP contribution in [0.2, 0.25) is 0 Å². The maximum atomic E-state index is 12.8. The van der Waals surface area contributed by atoms with Gasteiger partial charge in [0.1, 0.15) is 0 Å². The minimum Gasteiger partial charge on any atom is -0.339 e. The summed E-state index contributed by atoms with van der Waals surface area (Å²) >= 11 is 0. The van der Waals surface area contributed by atoms with Gasteiger partial charge in [0.2, 0.25) is 5.89 Å². The fraction of sp³-hybridized carbons (Fsp3) is 0.667. The molecule has 2 aliphatic rings. The highest BCUT2D eigenvalue weighted by atomic mass is 16.5. The first kappa shape index (κ1) is 16.3. The molecule has 1 amide bonds. The molecular weight excluding hydrogens is 318 g/mol. The molecule has 2 aromatic heterocycles. The molecule has 1 saturated heterocycles. The van der Waals surface area contributed by atoms with Crippen LogP contribution in [0.5, 0.6) is 0 Å². The van der Waals surface area contributed by atoms with E-state index in [1.807, 2.05) is 11.9 Å². The van der Waals surface area contributed by atoms with Gasteiger partial charge in [-0.2, -0.15) is 10.1 Å². The Hall–Kier alpha value is -2.18. The van der Waals surface area contributed by atoms with Gasteiger partial charge in [0.25, 0.3) is 5.91 Å². The van der Waals surface area contributed by atoms with Crippen LogP contribution in [0.25, 0.3) is 0 Å². The molecule has 3 heterocycles. The van der Waals surface area contributed by atoms with Gasteiger partial charge in [0.15, 0.2) is 5.82 Å². The quantitative estimate of drug-likeness (QED) is 0.850. The molecule has 0 radical (unpaired) electrons. The highest BCUT2D eigenvalue weighted by Crippen LogP contribution is 2.49. The summed E-state index contributed by atoms with van der Waals surface area (Å²) in [5.74, 6) is 2.46. The third-order valence-corrected chi connectivity index (χ3v) is 5.61. The monoisotopic (exact) mass is 343 g/mol. The van der Waals surface area contributed by atoms with Crippen molar-refractivity contribution in [1.82, 2.24) is 24.8 Å². The van der Waals surface area contributed by atoms with Crippen LogP contribution in [0.1, 0.15) is 55.2 Å². The van der Waals surface area contributed by atoms with Crippen molar-refractivity contribution in [2.75, 3.05) is 13.1 Å². The average Bonchev–Trinajstić information content (AvgIpc) is 3.27. The number of rotatable bonds is 4. The molecule has 4 rings (SSSR count). The van der Waals surface area contributed by atoms with E-state index in [0.29, 0.717) is 29.8 Å². The topological polar surface area (TPSA) is 77.1 Å². The van der Waals surface area contributed by atoms with Gasteiger partial charge in [-0.25, -0.2) is 0 Å². The molecule has 7 nitrogen and oxygen atoms in total. The normalized spacial score (nSPS) is 25.8. The van der Waals surface area contributed by atoms with E-state index in [-0.39, 0.29) is 11.3 Å². The molecular formula is C18H25N5O2. The summed E-state index contributed by atoms with van der Waals surface area (Å²) in [4.78, 5) is 19.5. The summed E-state index contributed by atoms with van der Waals surface area (Å²) in [7, 11) is 1.83. The Morgan fingerprint density at radius 1 is 1.48 bits per heavy atom. The van der Waals surface area contributed by atoms with E-state index in [0.717, 1.165) is 38.1 Å². The van der Waals surface area contributed by atoms with Crippen molar-refractivity contribution in [3.63, 3.8) is 0 Å². The maximum absolute atomic E-state index is 12.8. The Balaban J connectivity index is 1.58. The van der Waals surface area contributed by atoms with E-state index in [4.69, 9.17) is 9.51 Å². The fourth-order valence-electron chi connectivity index (χ4n) is 4.41. The lowest BCUT2D eigenvalue weighted by Crippen LogP contribution is -2.35. The zero-order valence-electron chi connectivity index (χ0n) is 15.1. The van der Waals surface area contributed by atoms with Crippen molar-refractivity contribution >= 4 is 5.91 Å². The third-order valence-electron chi connectivity index (χ3n) is 5.61. The molecule has 0 unspecified atom stereocenters. The number of aromatic nitrogens is 4. The van der Waals surface area contributed by atoms with Crippen molar-refractivity contribution < 1.29 is 9.32 Å². The van der Waals surface area contributed by atoms with E-state index in [9.17, 15) is 4.79 Å². The average molecular weight is 343 g/mol. The highest BCUT2D eigenvalue weighted by Gasteiger charge is 2.54. The molecule has 1 aliphatic heterocycles. The number of likely N-dealkylation sites (tertiary alicyclic amines) is 1. The summed E-state index contributed by atoms with van der Waals surface area (Å²) in [6.45, 7) is 5.72. The Morgan fingerprint density at radius 2 is 2.32 bits per heavy atom. The Morgan fingerprint density at radius 3 is 3.04 bits per heavy atom. The van der Waals surface area contributed by atoms with E-state index in [1.54, 1.807) is 17.1 Å². The smallest absolute Gasteiger partial charge is 0.257 e. The summed E-state index contributed by atoms with van der Waals surface area (Å²) < 4.78 is 7.16.